The van der Waals surface area contributed by atoms with Crippen molar-refractivity contribution in [3.63, 3.8) is 0 Å². The highest BCUT2D eigenvalue weighted by atomic mass is 79.9. The number of carbonyl (C=O) groups is 1. The van der Waals surface area contributed by atoms with E-state index in [0.29, 0.717) is 10.7 Å². The fourth-order valence-electron chi connectivity index (χ4n) is 2.94. The molecule has 0 fully saturated rings. The van der Waals surface area contributed by atoms with E-state index in [9.17, 15) is 4.79 Å². The van der Waals surface area contributed by atoms with Crippen LogP contribution in [0.1, 0.15) is 16.7 Å². The summed E-state index contributed by atoms with van der Waals surface area (Å²) in [5, 5.41) is 4.27. The maximum Gasteiger partial charge on any atom is 0.256 e. The number of aromatic nitrogens is 1. The first-order valence-corrected chi connectivity index (χ1v) is 8.59. The van der Waals surface area contributed by atoms with Crippen LogP contribution in [0.2, 0.25) is 5.15 Å². The second-order valence-electron chi connectivity index (χ2n) is 5.67. The van der Waals surface area contributed by atoms with E-state index in [1.165, 1.54) is 0 Å². The number of halogens is 2. The van der Waals surface area contributed by atoms with Crippen molar-refractivity contribution >= 4 is 61.7 Å². The summed E-state index contributed by atoms with van der Waals surface area (Å²) in [6.45, 7) is 1.98. The molecule has 1 amide bonds. The molecule has 4 rings (SSSR count). The van der Waals surface area contributed by atoms with E-state index in [-0.39, 0.29) is 5.91 Å². The van der Waals surface area contributed by atoms with Crippen LogP contribution in [0.4, 0.5) is 5.69 Å². The van der Waals surface area contributed by atoms with E-state index >= 15 is 0 Å². The molecular formula is C19H12BrClN2O. The topological polar surface area (TPSA) is 42.0 Å². The van der Waals surface area contributed by atoms with Gasteiger partial charge in [-0.3, -0.25) is 4.79 Å². The van der Waals surface area contributed by atoms with Gasteiger partial charge in [0.25, 0.3) is 5.91 Å². The molecule has 0 unspecified atom stereocenters. The molecule has 5 heteroatoms. The molecule has 0 saturated carbocycles. The van der Waals surface area contributed by atoms with Crippen LogP contribution in [0, 0.1) is 6.92 Å². The number of amides is 1. The summed E-state index contributed by atoms with van der Waals surface area (Å²) in [4.78, 5) is 16.8. The minimum absolute atomic E-state index is 0.129. The van der Waals surface area contributed by atoms with Crippen LogP contribution in [0.25, 0.3) is 22.6 Å². The first-order valence-electron chi connectivity index (χ1n) is 7.42. The molecule has 3 aromatic rings. The van der Waals surface area contributed by atoms with Gasteiger partial charge in [0.05, 0.1) is 11.1 Å². The average Bonchev–Trinajstić information content (AvgIpc) is 2.88. The van der Waals surface area contributed by atoms with Crippen LogP contribution < -0.4 is 5.32 Å². The lowest BCUT2D eigenvalue weighted by Gasteiger charge is -2.07. The zero-order valence-corrected chi connectivity index (χ0v) is 15.1. The van der Waals surface area contributed by atoms with Crippen LogP contribution in [-0.2, 0) is 4.79 Å². The van der Waals surface area contributed by atoms with Gasteiger partial charge in [-0.05, 0) is 42.8 Å². The zero-order valence-electron chi connectivity index (χ0n) is 12.7. The van der Waals surface area contributed by atoms with E-state index in [2.05, 4.69) is 26.2 Å². The molecule has 118 valence electrons. The van der Waals surface area contributed by atoms with Crippen molar-refractivity contribution < 1.29 is 4.79 Å². The molecule has 0 radical (unpaired) electrons. The number of nitrogens with one attached hydrogen (secondary N) is 1. The standard InChI is InChI=1S/C19H12BrClN2O/c1-10-14(20)6-7-16-17(10)13(19(24)23-16)9-12-8-11-4-2-3-5-15(11)22-18(12)21/h2-9H,1H3,(H,23,24). The SMILES string of the molecule is Cc1c(Br)ccc2c1C(=Cc1cc3ccccc3nc1Cl)C(=O)N2. The van der Waals surface area contributed by atoms with E-state index < -0.39 is 0 Å². The number of nitrogens with zero attached hydrogens (tertiary/aromatic N) is 1. The molecule has 0 saturated heterocycles. The molecule has 2 heterocycles. The number of anilines is 1. The number of hydrogen-bond acceptors (Lipinski definition) is 2. The lowest BCUT2D eigenvalue weighted by atomic mass is 9.99. The zero-order chi connectivity index (χ0) is 16.8. The highest BCUT2D eigenvalue weighted by Gasteiger charge is 2.27. The molecule has 0 bridgehead atoms. The van der Waals surface area contributed by atoms with Crippen molar-refractivity contribution in [3.05, 3.63) is 68.8 Å². The fourth-order valence-corrected chi connectivity index (χ4v) is 3.47. The number of pyridine rings is 1. The summed E-state index contributed by atoms with van der Waals surface area (Å²) in [7, 11) is 0. The Balaban J connectivity index is 1.93. The van der Waals surface area contributed by atoms with Crippen LogP contribution in [0.3, 0.4) is 0 Å². The molecule has 0 atom stereocenters. The van der Waals surface area contributed by atoms with Crippen LogP contribution in [0.15, 0.2) is 46.9 Å². The summed E-state index contributed by atoms with van der Waals surface area (Å²) < 4.78 is 0.964. The third-order valence-corrected chi connectivity index (χ3v) is 5.33. The summed E-state index contributed by atoms with van der Waals surface area (Å²) in [5.74, 6) is -0.129. The first kappa shape index (κ1) is 15.4. The van der Waals surface area contributed by atoms with Gasteiger partial charge in [0, 0.05) is 26.7 Å². The van der Waals surface area contributed by atoms with Gasteiger partial charge in [-0.15, -0.1) is 0 Å². The van der Waals surface area contributed by atoms with Crippen molar-refractivity contribution in [2.45, 2.75) is 6.92 Å². The minimum atomic E-state index is -0.129. The monoisotopic (exact) mass is 398 g/mol. The smallest absolute Gasteiger partial charge is 0.256 e. The van der Waals surface area contributed by atoms with Gasteiger partial charge >= 0.3 is 0 Å². The molecule has 1 aromatic heterocycles. The van der Waals surface area contributed by atoms with Gasteiger partial charge in [-0.1, -0.05) is 45.7 Å². The van der Waals surface area contributed by atoms with Crippen molar-refractivity contribution in [1.82, 2.24) is 4.98 Å². The quantitative estimate of drug-likeness (QED) is 0.436. The predicted octanol–water partition coefficient (Wildman–Crippen LogP) is 5.45. The Bertz CT molecular complexity index is 1040. The second-order valence-corrected chi connectivity index (χ2v) is 6.88. The van der Waals surface area contributed by atoms with Crippen LogP contribution in [0.5, 0.6) is 0 Å². The number of para-hydroxylation sites is 1. The molecule has 0 aliphatic carbocycles. The van der Waals surface area contributed by atoms with Crippen molar-refractivity contribution in [2.75, 3.05) is 5.32 Å². The van der Waals surface area contributed by atoms with Gasteiger partial charge in [0.1, 0.15) is 5.15 Å². The number of benzene rings is 2. The van der Waals surface area contributed by atoms with Crippen LogP contribution in [-0.4, -0.2) is 10.9 Å². The van der Waals surface area contributed by atoms with Gasteiger partial charge in [0.15, 0.2) is 0 Å². The molecular weight excluding hydrogens is 388 g/mol. The average molecular weight is 400 g/mol. The van der Waals surface area contributed by atoms with Gasteiger partial charge in [0.2, 0.25) is 0 Å². The Hall–Kier alpha value is -2.17. The lowest BCUT2D eigenvalue weighted by molar-refractivity contribution is -0.110. The largest absolute Gasteiger partial charge is 0.321 e. The molecule has 2 aromatic carbocycles. The fraction of sp³-hybridized carbons (Fsp3) is 0.0526. The number of rotatable bonds is 1. The summed E-state index contributed by atoms with van der Waals surface area (Å²) in [5.41, 5.74) is 4.90. The van der Waals surface area contributed by atoms with E-state index in [1.54, 1.807) is 0 Å². The Morgan fingerprint density at radius 2 is 2.00 bits per heavy atom. The van der Waals surface area contributed by atoms with Crippen molar-refractivity contribution in [2.24, 2.45) is 0 Å². The molecule has 3 nitrogen and oxygen atoms in total. The maximum absolute atomic E-state index is 12.4. The third-order valence-electron chi connectivity index (χ3n) is 4.17. The first-order chi connectivity index (χ1) is 11.5. The van der Waals surface area contributed by atoms with Crippen molar-refractivity contribution in [1.29, 1.82) is 0 Å². The molecule has 24 heavy (non-hydrogen) atoms. The third kappa shape index (κ3) is 2.43. The Kier molecular flexibility index (Phi) is 3.66. The molecule has 1 aliphatic rings. The maximum atomic E-state index is 12.4. The highest BCUT2D eigenvalue weighted by molar-refractivity contribution is 9.10. The van der Waals surface area contributed by atoms with Crippen LogP contribution >= 0.6 is 27.5 Å². The summed E-state index contributed by atoms with van der Waals surface area (Å²) in [6.07, 6.45) is 1.81. The molecule has 0 spiro atoms. The van der Waals surface area contributed by atoms with E-state index in [1.807, 2.05) is 55.5 Å². The number of hydrogen-bond donors (Lipinski definition) is 1. The number of fused-ring (bicyclic) bond motifs is 2. The predicted molar refractivity (Wildman–Crippen MR) is 102 cm³/mol. The second kappa shape index (κ2) is 5.72. The molecule has 1 aliphatic heterocycles. The Morgan fingerprint density at radius 1 is 1.21 bits per heavy atom. The minimum Gasteiger partial charge on any atom is -0.321 e. The summed E-state index contributed by atoms with van der Waals surface area (Å²) in [6, 6.07) is 13.5. The van der Waals surface area contributed by atoms with Gasteiger partial charge in [-0.25, -0.2) is 4.98 Å². The summed E-state index contributed by atoms with van der Waals surface area (Å²) >= 11 is 9.85. The normalized spacial score (nSPS) is 15.0. The van der Waals surface area contributed by atoms with E-state index in [4.69, 9.17) is 11.6 Å². The van der Waals surface area contributed by atoms with Gasteiger partial charge < -0.3 is 5.32 Å². The lowest BCUT2D eigenvalue weighted by Crippen LogP contribution is -2.03. The highest BCUT2D eigenvalue weighted by Crippen LogP contribution is 2.39. The molecule has 1 N–H and O–H groups in total. The number of carbonyl (C=O) groups excluding carboxylic acids is 1. The van der Waals surface area contributed by atoms with Crippen molar-refractivity contribution in [3.8, 4) is 0 Å². The Morgan fingerprint density at radius 3 is 2.83 bits per heavy atom. The van der Waals surface area contributed by atoms with Gasteiger partial charge in [-0.2, -0.15) is 0 Å². The Labute approximate surface area is 152 Å². The van der Waals surface area contributed by atoms with E-state index in [0.717, 1.165) is 37.8 Å².